The lowest BCUT2D eigenvalue weighted by molar-refractivity contribution is 0.0937. The van der Waals surface area contributed by atoms with Gasteiger partial charge in [-0.15, -0.1) is 0 Å². The summed E-state index contributed by atoms with van der Waals surface area (Å²) in [6.07, 6.45) is 0. The Kier molecular flexibility index (Phi) is 6.27. The molecule has 7 heteroatoms. The van der Waals surface area contributed by atoms with Crippen molar-refractivity contribution in [3.8, 4) is 0 Å². The third-order valence-electron chi connectivity index (χ3n) is 3.14. The molecule has 0 aliphatic carbocycles. The lowest BCUT2D eigenvalue weighted by Gasteiger charge is -2.16. The average Bonchev–Trinajstić information content (AvgIpc) is 2.49. The zero-order chi connectivity index (χ0) is 17.0. The lowest BCUT2D eigenvalue weighted by Crippen LogP contribution is -2.27. The molecule has 0 aromatic heterocycles. The first-order valence-corrected chi connectivity index (χ1v) is 8.31. The van der Waals surface area contributed by atoms with Crippen molar-refractivity contribution in [3.05, 3.63) is 63.6 Å². The summed E-state index contributed by atoms with van der Waals surface area (Å²) in [4.78, 5) is 12.6. The Bertz CT molecular complexity index is 712. The fourth-order valence-corrected chi connectivity index (χ4v) is 2.94. The summed E-state index contributed by atoms with van der Waals surface area (Å²) in [5.74, 6) is -3.01. The SMILES string of the molecule is CC(NC(=O)c1ccccc1SC(F)F)c1ccc(Cl)c(Cl)c1. The number of nitrogens with one attached hydrogen (secondary N) is 1. The number of rotatable bonds is 5. The molecule has 0 bridgehead atoms. The first kappa shape index (κ1) is 18.0. The Morgan fingerprint density at radius 1 is 1.13 bits per heavy atom. The number of amides is 1. The fourth-order valence-electron chi connectivity index (χ4n) is 1.99. The molecule has 122 valence electrons. The second kappa shape index (κ2) is 7.99. The van der Waals surface area contributed by atoms with E-state index in [1.165, 1.54) is 12.1 Å². The van der Waals surface area contributed by atoms with E-state index in [4.69, 9.17) is 23.2 Å². The van der Waals surface area contributed by atoms with E-state index in [0.29, 0.717) is 21.8 Å². The molecule has 0 heterocycles. The van der Waals surface area contributed by atoms with Crippen LogP contribution in [0.15, 0.2) is 47.4 Å². The first-order valence-electron chi connectivity index (χ1n) is 6.68. The van der Waals surface area contributed by atoms with Crippen LogP contribution in [0, 0.1) is 0 Å². The number of carbonyl (C=O) groups excluding carboxylic acids is 1. The van der Waals surface area contributed by atoms with E-state index in [1.807, 2.05) is 0 Å². The van der Waals surface area contributed by atoms with Crippen molar-refractivity contribution in [2.75, 3.05) is 0 Å². The van der Waals surface area contributed by atoms with Gasteiger partial charge in [0, 0.05) is 4.90 Å². The summed E-state index contributed by atoms with van der Waals surface area (Å²) in [6, 6.07) is 11.0. The number of carbonyl (C=O) groups is 1. The van der Waals surface area contributed by atoms with Crippen molar-refractivity contribution in [2.45, 2.75) is 23.6 Å². The molecule has 0 saturated heterocycles. The molecule has 1 N–H and O–H groups in total. The van der Waals surface area contributed by atoms with Crippen LogP contribution >= 0.6 is 35.0 Å². The maximum absolute atomic E-state index is 12.6. The minimum Gasteiger partial charge on any atom is -0.345 e. The highest BCUT2D eigenvalue weighted by Gasteiger charge is 2.17. The molecule has 2 nitrogen and oxygen atoms in total. The van der Waals surface area contributed by atoms with Crippen LogP contribution in [-0.2, 0) is 0 Å². The molecule has 0 spiro atoms. The van der Waals surface area contributed by atoms with Gasteiger partial charge in [0.25, 0.3) is 11.7 Å². The maximum atomic E-state index is 12.6. The van der Waals surface area contributed by atoms with Gasteiger partial charge in [-0.05, 0) is 36.8 Å². The topological polar surface area (TPSA) is 29.1 Å². The summed E-state index contributed by atoms with van der Waals surface area (Å²) in [7, 11) is 0. The number of thioether (sulfide) groups is 1. The Labute approximate surface area is 147 Å². The summed E-state index contributed by atoms with van der Waals surface area (Å²) >= 11 is 12.2. The van der Waals surface area contributed by atoms with Gasteiger partial charge in [-0.2, -0.15) is 8.78 Å². The molecule has 1 atom stereocenters. The van der Waals surface area contributed by atoms with Crippen molar-refractivity contribution in [1.29, 1.82) is 0 Å². The number of hydrogen-bond donors (Lipinski definition) is 1. The molecule has 0 radical (unpaired) electrons. The minimum absolute atomic E-state index is 0.213. The van der Waals surface area contributed by atoms with Crippen LogP contribution < -0.4 is 5.32 Å². The predicted octanol–water partition coefficient (Wildman–Crippen LogP) is 5.80. The molecular weight excluding hydrogens is 363 g/mol. The molecule has 2 aromatic carbocycles. The minimum atomic E-state index is -2.59. The largest absolute Gasteiger partial charge is 0.345 e. The summed E-state index contributed by atoms with van der Waals surface area (Å²) < 4.78 is 25.2. The van der Waals surface area contributed by atoms with Crippen LogP contribution in [0.5, 0.6) is 0 Å². The quantitative estimate of drug-likeness (QED) is 0.669. The summed E-state index contributed by atoms with van der Waals surface area (Å²) in [5.41, 5.74) is 0.983. The monoisotopic (exact) mass is 375 g/mol. The van der Waals surface area contributed by atoms with Gasteiger partial charge >= 0.3 is 0 Å². The molecule has 2 rings (SSSR count). The highest BCUT2D eigenvalue weighted by atomic mass is 35.5. The second-order valence-corrected chi connectivity index (χ2v) is 6.59. The van der Waals surface area contributed by atoms with Gasteiger partial charge < -0.3 is 5.32 Å². The molecule has 0 aliphatic rings. The van der Waals surface area contributed by atoms with E-state index in [0.717, 1.165) is 5.56 Å². The molecule has 1 amide bonds. The van der Waals surface area contributed by atoms with E-state index >= 15 is 0 Å². The summed E-state index contributed by atoms with van der Waals surface area (Å²) in [5, 5.41) is 3.59. The molecule has 2 aromatic rings. The molecule has 23 heavy (non-hydrogen) atoms. The fraction of sp³-hybridized carbons (Fsp3) is 0.188. The molecule has 0 saturated carbocycles. The smallest absolute Gasteiger partial charge is 0.288 e. The Morgan fingerprint density at radius 3 is 2.48 bits per heavy atom. The van der Waals surface area contributed by atoms with Gasteiger partial charge in [0.15, 0.2) is 0 Å². The van der Waals surface area contributed by atoms with Crippen LogP contribution in [0.1, 0.15) is 28.9 Å². The molecule has 1 unspecified atom stereocenters. The predicted molar refractivity (Wildman–Crippen MR) is 90.6 cm³/mol. The van der Waals surface area contributed by atoms with Crippen LogP contribution in [0.25, 0.3) is 0 Å². The highest BCUT2D eigenvalue weighted by Crippen LogP contribution is 2.29. The standard InChI is InChI=1S/C16H13Cl2F2NOS/c1-9(10-6-7-12(17)13(18)8-10)21-15(22)11-4-2-3-5-14(11)23-16(19)20/h2-9,16H,1H3,(H,21,22). The van der Waals surface area contributed by atoms with Gasteiger partial charge in [-0.25, -0.2) is 0 Å². The number of halogens is 4. The van der Waals surface area contributed by atoms with E-state index in [1.54, 1.807) is 37.3 Å². The number of alkyl halides is 2. The Hall–Kier alpha value is -1.30. The van der Waals surface area contributed by atoms with Gasteiger partial charge in [-0.1, -0.05) is 53.2 Å². The second-order valence-electron chi connectivity index (χ2n) is 4.74. The van der Waals surface area contributed by atoms with Crippen molar-refractivity contribution in [1.82, 2.24) is 5.32 Å². The first-order chi connectivity index (χ1) is 10.9. The molecular formula is C16H13Cl2F2NOS. The lowest BCUT2D eigenvalue weighted by atomic mass is 10.1. The van der Waals surface area contributed by atoms with Gasteiger partial charge in [0.2, 0.25) is 0 Å². The molecule has 0 fully saturated rings. The van der Waals surface area contributed by atoms with Crippen LogP contribution in [0.3, 0.4) is 0 Å². The van der Waals surface area contributed by atoms with Gasteiger partial charge in [0.1, 0.15) is 0 Å². The Balaban J connectivity index is 2.16. The third-order valence-corrected chi connectivity index (χ3v) is 4.67. The van der Waals surface area contributed by atoms with E-state index in [2.05, 4.69) is 5.32 Å². The third kappa shape index (κ3) is 4.83. The average molecular weight is 376 g/mol. The van der Waals surface area contributed by atoms with Crippen molar-refractivity contribution >= 4 is 40.9 Å². The summed E-state index contributed by atoms with van der Waals surface area (Å²) in [6.45, 7) is 1.78. The highest BCUT2D eigenvalue weighted by molar-refractivity contribution is 7.99. The Morgan fingerprint density at radius 2 is 1.83 bits per heavy atom. The zero-order valence-electron chi connectivity index (χ0n) is 12.0. The van der Waals surface area contributed by atoms with E-state index < -0.39 is 11.7 Å². The van der Waals surface area contributed by atoms with Crippen molar-refractivity contribution in [3.63, 3.8) is 0 Å². The van der Waals surface area contributed by atoms with E-state index in [-0.39, 0.29) is 16.5 Å². The van der Waals surface area contributed by atoms with E-state index in [9.17, 15) is 13.6 Å². The van der Waals surface area contributed by atoms with Crippen LogP contribution in [0.2, 0.25) is 10.0 Å². The van der Waals surface area contributed by atoms with Crippen LogP contribution in [0.4, 0.5) is 8.78 Å². The van der Waals surface area contributed by atoms with Gasteiger partial charge in [0.05, 0.1) is 21.7 Å². The normalized spacial score (nSPS) is 12.3. The van der Waals surface area contributed by atoms with Crippen molar-refractivity contribution < 1.29 is 13.6 Å². The molecule has 0 aliphatic heterocycles. The number of hydrogen-bond acceptors (Lipinski definition) is 2. The van der Waals surface area contributed by atoms with Crippen LogP contribution in [-0.4, -0.2) is 11.7 Å². The number of benzene rings is 2. The zero-order valence-corrected chi connectivity index (χ0v) is 14.4. The van der Waals surface area contributed by atoms with Crippen molar-refractivity contribution in [2.24, 2.45) is 0 Å². The maximum Gasteiger partial charge on any atom is 0.288 e. The van der Waals surface area contributed by atoms with Gasteiger partial charge in [-0.3, -0.25) is 4.79 Å².